The summed E-state index contributed by atoms with van der Waals surface area (Å²) in [5.74, 6) is 1.75. The van der Waals surface area contributed by atoms with Crippen LogP contribution in [-0.2, 0) is 0 Å². The molecule has 0 aromatic rings. The Morgan fingerprint density at radius 1 is 1.10 bits per heavy atom. The summed E-state index contributed by atoms with van der Waals surface area (Å²) in [6, 6.07) is 2.70. The third-order valence-electron chi connectivity index (χ3n) is 4.86. The van der Waals surface area contributed by atoms with E-state index in [0.29, 0.717) is 11.3 Å². The van der Waals surface area contributed by atoms with E-state index in [9.17, 15) is 0 Å². The van der Waals surface area contributed by atoms with Gasteiger partial charge in [-0.15, -0.1) is 0 Å². The number of nitrogens with zero attached hydrogens (tertiary/aromatic N) is 2. The molecule has 3 atom stereocenters. The molecule has 0 aromatic carbocycles. The highest BCUT2D eigenvalue weighted by Crippen LogP contribution is 2.33. The van der Waals surface area contributed by atoms with Crippen molar-refractivity contribution in [3.63, 3.8) is 0 Å². The predicted octanol–water partition coefficient (Wildman–Crippen LogP) is 5.19. The largest absolute Gasteiger partial charge is 0.265 e. The van der Waals surface area contributed by atoms with Crippen LogP contribution in [0.25, 0.3) is 0 Å². The Balaban J connectivity index is 1.95. The van der Waals surface area contributed by atoms with Gasteiger partial charge in [-0.2, -0.15) is 5.26 Å². The minimum atomic E-state index is 0.424. The first kappa shape index (κ1) is 15.9. The van der Waals surface area contributed by atoms with Crippen LogP contribution in [0.1, 0.15) is 71.6 Å². The van der Waals surface area contributed by atoms with Crippen molar-refractivity contribution in [1.29, 1.82) is 5.26 Å². The summed E-state index contributed by atoms with van der Waals surface area (Å²) in [4.78, 5) is 4.62. The van der Waals surface area contributed by atoms with E-state index in [4.69, 9.17) is 5.26 Å². The number of aliphatic imine (C=N–C) groups is 1. The Kier molecular flexibility index (Phi) is 6.42. The zero-order valence-electron chi connectivity index (χ0n) is 13.0. The lowest BCUT2D eigenvalue weighted by Gasteiger charge is -2.27. The normalized spacial score (nSPS) is 32.7. The molecule has 1 aliphatic heterocycles. The lowest BCUT2D eigenvalue weighted by Crippen LogP contribution is -2.22. The van der Waals surface area contributed by atoms with Gasteiger partial charge in [0.25, 0.3) is 0 Å². The molecule has 0 amide bonds. The molecule has 1 saturated carbocycles. The average Bonchev–Trinajstić information content (AvgIpc) is 2.43. The van der Waals surface area contributed by atoms with Crippen molar-refractivity contribution in [2.75, 3.05) is 0 Å². The van der Waals surface area contributed by atoms with Crippen LogP contribution in [0.5, 0.6) is 0 Å². The number of hydrogen-bond donors (Lipinski definition) is 0. The Bertz CT molecular complexity index is 370. The molecule has 2 aliphatic rings. The second-order valence-corrected chi connectivity index (χ2v) is 8.04. The highest BCUT2D eigenvalue weighted by molar-refractivity contribution is 8.15. The van der Waals surface area contributed by atoms with Crippen LogP contribution >= 0.6 is 11.8 Å². The second-order valence-electron chi connectivity index (χ2n) is 6.75. The maximum absolute atomic E-state index is 9.13. The molecule has 112 valence electrons. The molecule has 0 spiro atoms. The van der Waals surface area contributed by atoms with Gasteiger partial charge in [0.2, 0.25) is 0 Å². The average molecular weight is 292 g/mol. The molecule has 0 radical (unpaired) electrons. The minimum absolute atomic E-state index is 0.424. The molecular weight excluding hydrogens is 264 g/mol. The molecule has 20 heavy (non-hydrogen) atoms. The summed E-state index contributed by atoms with van der Waals surface area (Å²) in [6.07, 6.45) is 11.8. The number of hydrogen-bond acceptors (Lipinski definition) is 3. The van der Waals surface area contributed by atoms with Gasteiger partial charge in [-0.3, -0.25) is 4.99 Å². The molecule has 1 heterocycles. The fraction of sp³-hybridized carbons (Fsp3) is 0.882. The van der Waals surface area contributed by atoms with Crippen molar-refractivity contribution in [3.8, 4) is 6.07 Å². The van der Waals surface area contributed by atoms with E-state index >= 15 is 0 Å². The van der Waals surface area contributed by atoms with Crippen molar-refractivity contribution in [3.05, 3.63) is 0 Å². The fourth-order valence-electron chi connectivity index (χ4n) is 3.55. The van der Waals surface area contributed by atoms with Gasteiger partial charge >= 0.3 is 0 Å². The topological polar surface area (TPSA) is 36.1 Å². The van der Waals surface area contributed by atoms with Crippen LogP contribution in [0.3, 0.4) is 0 Å². The van der Waals surface area contributed by atoms with Crippen LogP contribution in [0.2, 0.25) is 0 Å². The van der Waals surface area contributed by atoms with Crippen LogP contribution in [0.15, 0.2) is 4.99 Å². The van der Waals surface area contributed by atoms with Gasteiger partial charge in [0.05, 0.1) is 6.04 Å². The Morgan fingerprint density at radius 2 is 1.75 bits per heavy atom. The molecule has 0 saturated heterocycles. The Morgan fingerprint density at radius 3 is 2.40 bits per heavy atom. The number of nitriles is 1. The van der Waals surface area contributed by atoms with Crippen molar-refractivity contribution in [2.45, 2.75) is 82.9 Å². The van der Waals surface area contributed by atoms with E-state index in [1.165, 1.54) is 57.8 Å². The Hall–Kier alpha value is -0.490. The number of thioether (sulfide) groups is 1. The summed E-state index contributed by atoms with van der Waals surface area (Å²) < 4.78 is 0. The monoisotopic (exact) mass is 292 g/mol. The first-order valence-corrected chi connectivity index (χ1v) is 9.21. The van der Waals surface area contributed by atoms with Gasteiger partial charge in [0, 0.05) is 5.25 Å². The van der Waals surface area contributed by atoms with Gasteiger partial charge in [-0.1, -0.05) is 64.1 Å². The second kappa shape index (κ2) is 8.08. The summed E-state index contributed by atoms with van der Waals surface area (Å²) in [5.41, 5.74) is 0. The van der Waals surface area contributed by atoms with Crippen molar-refractivity contribution in [2.24, 2.45) is 16.8 Å². The zero-order valence-corrected chi connectivity index (χ0v) is 13.8. The van der Waals surface area contributed by atoms with Crippen LogP contribution < -0.4 is 0 Å². The fourth-order valence-corrected chi connectivity index (χ4v) is 4.73. The quantitative estimate of drug-likeness (QED) is 0.667. The summed E-state index contributed by atoms with van der Waals surface area (Å²) in [5, 5.41) is 10.5. The van der Waals surface area contributed by atoms with Gasteiger partial charge in [-0.25, -0.2) is 0 Å². The van der Waals surface area contributed by atoms with Gasteiger partial charge < -0.3 is 0 Å². The first-order chi connectivity index (χ1) is 9.69. The number of rotatable bonds is 1. The third-order valence-corrected chi connectivity index (χ3v) is 6.05. The third kappa shape index (κ3) is 4.81. The highest BCUT2D eigenvalue weighted by Gasteiger charge is 2.25. The molecule has 0 N–H and O–H groups in total. The summed E-state index contributed by atoms with van der Waals surface area (Å²) >= 11 is 1.73. The smallest absolute Gasteiger partial charge is 0.169 e. The Labute approximate surface area is 128 Å². The molecular formula is C17H28N2S. The molecule has 1 fully saturated rings. The molecule has 2 bridgehead atoms. The van der Waals surface area contributed by atoms with Gasteiger partial charge in [-0.05, 0) is 31.1 Å². The van der Waals surface area contributed by atoms with Crippen LogP contribution in [-0.4, -0.2) is 16.3 Å². The first-order valence-electron chi connectivity index (χ1n) is 8.33. The maximum atomic E-state index is 9.13. The minimum Gasteiger partial charge on any atom is -0.265 e. The maximum Gasteiger partial charge on any atom is 0.169 e. The molecule has 2 rings (SSSR count). The SMILES string of the molecule is CC(C)C1CCCCC2CC(CCCC1)SC(C#N)=N2. The lowest BCUT2D eigenvalue weighted by molar-refractivity contribution is 0.307. The molecule has 1 aliphatic carbocycles. The van der Waals surface area contributed by atoms with Crippen molar-refractivity contribution < 1.29 is 0 Å². The van der Waals surface area contributed by atoms with E-state index in [2.05, 4.69) is 24.9 Å². The highest BCUT2D eigenvalue weighted by atomic mass is 32.2. The van der Waals surface area contributed by atoms with E-state index in [1.807, 2.05) is 0 Å². The number of fused-ring (bicyclic) bond motifs is 2. The van der Waals surface area contributed by atoms with Crippen LogP contribution in [0, 0.1) is 23.2 Å². The van der Waals surface area contributed by atoms with Crippen molar-refractivity contribution in [1.82, 2.24) is 0 Å². The van der Waals surface area contributed by atoms with Gasteiger partial charge in [0.15, 0.2) is 5.04 Å². The molecule has 3 heteroatoms. The van der Waals surface area contributed by atoms with E-state index in [-0.39, 0.29) is 0 Å². The van der Waals surface area contributed by atoms with Crippen LogP contribution in [0.4, 0.5) is 0 Å². The van der Waals surface area contributed by atoms with Crippen molar-refractivity contribution >= 4 is 16.8 Å². The van der Waals surface area contributed by atoms with E-state index in [1.54, 1.807) is 11.8 Å². The van der Waals surface area contributed by atoms with E-state index in [0.717, 1.165) is 16.9 Å². The molecule has 3 unspecified atom stereocenters. The molecule has 2 nitrogen and oxygen atoms in total. The molecule has 0 aromatic heterocycles. The predicted molar refractivity (Wildman–Crippen MR) is 88.1 cm³/mol. The van der Waals surface area contributed by atoms with E-state index < -0.39 is 0 Å². The summed E-state index contributed by atoms with van der Waals surface area (Å²) in [7, 11) is 0. The zero-order chi connectivity index (χ0) is 14.4. The lowest BCUT2D eigenvalue weighted by atomic mass is 9.85. The van der Waals surface area contributed by atoms with Gasteiger partial charge in [0.1, 0.15) is 6.07 Å². The summed E-state index contributed by atoms with van der Waals surface area (Å²) in [6.45, 7) is 4.76. The standard InChI is InChI=1S/C17H28N2S/c1-13(2)14-7-3-5-9-15-11-16(10-6-4-8-14)20-17(12-18)19-15/h13-16H,3-11H2,1-2H3.